The molecule has 1 fully saturated rings. The molecule has 6 nitrogen and oxygen atoms in total. The average molecular weight is 452 g/mol. The molecule has 29 heavy (non-hydrogen) atoms. The zero-order valence-electron chi connectivity index (χ0n) is 15.2. The molecule has 1 atom stereocenters. The van der Waals surface area contributed by atoms with Crippen LogP contribution >= 0.6 is 34.8 Å². The molecule has 0 aliphatic carbocycles. The molecule has 1 amide bonds. The van der Waals surface area contributed by atoms with Gasteiger partial charge < -0.3 is 9.73 Å². The van der Waals surface area contributed by atoms with Gasteiger partial charge in [-0.05, 0) is 61.9 Å². The van der Waals surface area contributed by atoms with Crippen molar-refractivity contribution in [3.05, 3.63) is 63.4 Å². The Balaban J connectivity index is 1.43. The summed E-state index contributed by atoms with van der Waals surface area (Å²) in [6, 6.07) is 11.8. The van der Waals surface area contributed by atoms with E-state index in [9.17, 15) is 4.79 Å². The summed E-state index contributed by atoms with van der Waals surface area (Å²) in [5.74, 6) is 0.768. The van der Waals surface area contributed by atoms with Gasteiger partial charge in [0, 0.05) is 26.3 Å². The quantitative estimate of drug-likeness (QED) is 0.570. The van der Waals surface area contributed by atoms with E-state index in [0.717, 1.165) is 24.9 Å². The molecule has 4 rings (SSSR count). The molecule has 1 aliphatic heterocycles. The lowest BCUT2D eigenvalue weighted by atomic mass is 10.2. The first-order chi connectivity index (χ1) is 14.0. The molecule has 1 aromatic heterocycles. The summed E-state index contributed by atoms with van der Waals surface area (Å²) in [5.41, 5.74) is 1.36. The number of anilines is 1. The lowest BCUT2D eigenvalue weighted by Crippen LogP contribution is -2.39. The predicted octanol–water partition coefficient (Wildman–Crippen LogP) is 5.30. The highest BCUT2D eigenvalue weighted by molar-refractivity contribution is 6.35. The van der Waals surface area contributed by atoms with Crippen LogP contribution in [0.15, 0.2) is 46.9 Å². The van der Waals surface area contributed by atoms with Crippen LogP contribution in [-0.2, 0) is 11.3 Å². The second kappa shape index (κ2) is 8.71. The van der Waals surface area contributed by atoms with Crippen LogP contribution in [0.3, 0.4) is 0 Å². The maximum Gasteiger partial charge on any atom is 0.247 e. The van der Waals surface area contributed by atoms with Crippen LogP contribution in [0.25, 0.3) is 11.5 Å². The summed E-state index contributed by atoms with van der Waals surface area (Å²) in [7, 11) is 0. The number of nitrogens with one attached hydrogen (secondary N) is 1. The molecule has 1 unspecified atom stereocenters. The Bertz CT molecular complexity index is 1000. The van der Waals surface area contributed by atoms with Crippen molar-refractivity contribution in [3.63, 3.8) is 0 Å². The number of rotatable bonds is 5. The number of hydrogen-bond acceptors (Lipinski definition) is 5. The second-order valence-corrected chi connectivity index (χ2v) is 8.09. The minimum Gasteiger partial charge on any atom is -0.419 e. The molecule has 0 saturated carbocycles. The van der Waals surface area contributed by atoms with E-state index in [2.05, 4.69) is 15.5 Å². The van der Waals surface area contributed by atoms with Gasteiger partial charge in [-0.25, -0.2) is 0 Å². The van der Waals surface area contributed by atoms with Gasteiger partial charge in [-0.1, -0.05) is 34.8 Å². The van der Waals surface area contributed by atoms with Crippen LogP contribution in [-0.4, -0.2) is 33.6 Å². The third kappa shape index (κ3) is 4.90. The van der Waals surface area contributed by atoms with Gasteiger partial charge >= 0.3 is 0 Å². The number of carbonyl (C=O) groups excluding carboxylic acids is 1. The second-order valence-electron chi connectivity index (χ2n) is 6.78. The zero-order valence-corrected chi connectivity index (χ0v) is 17.5. The largest absolute Gasteiger partial charge is 0.419 e. The van der Waals surface area contributed by atoms with Crippen molar-refractivity contribution in [2.24, 2.45) is 0 Å². The lowest BCUT2D eigenvalue weighted by Gasteiger charge is -2.22. The Labute approximate surface area is 182 Å². The standard InChI is InChI=1S/C20H17Cl3N4O2/c21-13-5-3-12(4-6-13)20-26-25-18(29-20)11-27-7-1-2-17(27)19(28)24-16-9-14(22)8-15(23)10-16/h3-6,8-10,17H,1-2,7,11H2,(H,24,28). The van der Waals surface area contributed by atoms with Crippen LogP contribution in [0.1, 0.15) is 18.7 Å². The number of amides is 1. The Morgan fingerprint density at radius 3 is 2.52 bits per heavy atom. The van der Waals surface area contributed by atoms with Gasteiger partial charge in [0.2, 0.25) is 17.7 Å². The van der Waals surface area contributed by atoms with Gasteiger partial charge in [0.15, 0.2) is 0 Å². The summed E-state index contributed by atoms with van der Waals surface area (Å²) < 4.78 is 5.78. The van der Waals surface area contributed by atoms with Crippen molar-refractivity contribution in [2.75, 3.05) is 11.9 Å². The normalized spacial score (nSPS) is 16.9. The fourth-order valence-corrected chi connectivity index (χ4v) is 4.02. The minimum absolute atomic E-state index is 0.113. The molecule has 9 heteroatoms. The summed E-state index contributed by atoms with van der Waals surface area (Å²) in [4.78, 5) is 14.8. The zero-order chi connectivity index (χ0) is 20.4. The molecule has 3 aromatic rings. The van der Waals surface area contributed by atoms with Crippen molar-refractivity contribution < 1.29 is 9.21 Å². The topological polar surface area (TPSA) is 71.3 Å². The Morgan fingerprint density at radius 2 is 1.79 bits per heavy atom. The number of aromatic nitrogens is 2. The van der Waals surface area contributed by atoms with E-state index in [1.807, 2.05) is 17.0 Å². The van der Waals surface area contributed by atoms with Crippen molar-refractivity contribution in [1.29, 1.82) is 0 Å². The molecule has 1 N–H and O–H groups in total. The maximum atomic E-state index is 12.8. The SMILES string of the molecule is O=C(Nc1cc(Cl)cc(Cl)c1)C1CCCN1Cc1nnc(-c2ccc(Cl)cc2)o1. The highest BCUT2D eigenvalue weighted by Gasteiger charge is 2.32. The molecule has 0 radical (unpaired) electrons. The number of benzene rings is 2. The van der Waals surface area contributed by atoms with E-state index in [4.69, 9.17) is 39.2 Å². The van der Waals surface area contributed by atoms with Gasteiger partial charge in [-0.15, -0.1) is 10.2 Å². The molecular formula is C20H17Cl3N4O2. The van der Waals surface area contributed by atoms with E-state index in [1.54, 1.807) is 30.3 Å². The fourth-order valence-electron chi connectivity index (χ4n) is 3.36. The van der Waals surface area contributed by atoms with Crippen LogP contribution in [0.4, 0.5) is 5.69 Å². The first-order valence-electron chi connectivity index (χ1n) is 9.07. The van der Waals surface area contributed by atoms with E-state index >= 15 is 0 Å². The Kier molecular flexibility index (Phi) is 6.06. The van der Waals surface area contributed by atoms with Crippen LogP contribution in [0, 0.1) is 0 Å². The van der Waals surface area contributed by atoms with Crippen molar-refractivity contribution in [2.45, 2.75) is 25.4 Å². The monoisotopic (exact) mass is 450 g/mol. The van der Waals surface area contributed by atoms with Gasteiger partial charge in [-0.3, -0.25) is 9.69 Å². The van der Waals surface area contributed by atoms with E-state index in [-0.39, 0.29) is 11.9 Å². The number of halogens is 3. The van der Waals surface area contributed by atoms with Crippen molar-refractivity contribution in [3.8, 4) is 11.5 Å². The maximum absolute atomic E-state index is 12.8. The number of hydrogen-bond donors (Lipinski definition) is 1. The third-order valence-electron chi connectivity index (χ3n) is 4.69. The van der Waals surface area contributed by atoms with Crippen molar-refractivity contribution >= 4 is 46.4 Å². The highest BCUT2D eigenvalue weighted by Crippen LogP contribution is 2.26. The van der Waals surface area contributed by atoms with Gasteiger partial charge in [0.25, 0.3) is 0 Å². The van der Waals surface area contributed by atoms with Gasteiger partial charge in [0.05, 0.1) is 12.6 Å². The summed E-state index contributed by atoms with van der Waals surface area (Å²) in [6.45, 7) is 1.17. The summed E-state index contributed by atoms with van der Waals surface area (Å²) >= 11 is 17.9. The summed E-state index contributed by atoms with van der Waals surface area (Å²) in [5, 5.41) is 12.7. The van der Waals surface area contributed by atoms with Gasteiger partial charge in [-0.2, -0.15) is 0 Å². The number of carbonyl (C=O) groups is 1. The average Bonchev–Trinajstić information content (AvgIpc) is 3.31. The van der Waals surface area contributed by atoms with Crippen LogP contribution < -0.4 is 5.32 Å². The number of likely N-dealkylation sites (tertiary alicyclic amines) is 1. The first-order valence-corrected chi connectivity index (χ1v) is 10.2. The van der Waals surface area contributed by atoms with Crippen LogP contribution in [0.2, 0.25) is 15.1 Å². The van der Waals surface area contributed by atoms with E-state index in [1.165, 1.54) is 0 Å². The smallest absolute Gasteiger partial charge is 0.247 e. The lowest BCUT2D eigenvalue weighted by molar-refractivity contribution is -0.120. The van der Waals surface area contributed by atoms with E-state index in [0.29, 0.717) is 39.1 Å². The number of nitrogens with zero attached hydrogens (tertiary/aromatic N) is 3. The molecule has 1 aliphatic rings. The highest BCUT2D eigenvalue weighted by atomic mass is 35.5. The summed E-state index contributed by atoms with van der Waals surface area (Å²) in [6.07, 6.45) is 1.66. The molecule has 0 spiro atoms. The molecule has 2 aromatic carbocycles. The third-order valence-corrected chi connectivity index (χ3v) is 5.38. The Morgan fingerprint density at radius 1 is 1.07 bits per heavy atom. The molecule has 150 valence electrons. The van der Waals surface area contributed by atoms with Crippen LogP contribution in [0.5, 0.6) is 0 Å². The Hall–Kier alpha value is -2.12. The molecule has 2 heterocycles. The predicted molar refractivity (Wildman–Crippen MR) is 113 cm³/mol. The fraction of sp³-hybridized carbons (Fsp3) is 0.250. The van der Waals surface area contributed by atoms with Gasteiger partial charge in [0.1, 0.15) is 0 Å². The molecule has 1 saturated heterocycles. The first kappa shape index (κ1) is 20.2. The van der Waals surface area contributed by atoms with Crippen molar-refractivity contribution in [1.82, 2.24) is 15.1 Å². The molecular weight excluding hydrogens is 435 g/mol. The minimum atomic E-state index is -0.293. The molecule has 0 bridgehead atoms. The van der Waals surface area contributed by atoms with E-state index < -0.39 is 0 Å².